The van der Waals surface area contributed by atoms with Crippen LogP contribution in [0.4, 0.5) is 0 Å². The van der Waals surface area contributed by atoms with Gasteiger partial charge in [0.15, 0.2) is 11.6 Å². The summed E-state index contributed by atoms with van der Waals surface area (Å²) >= 11 is 0. The van der Waals surface area contributed by atoms with Crippen LogP contribution in [-0.2, 0) is 0 Å². The summed E-state index contributed by atoms with van der Waals surface area (Å²) in [5.74, 6) is 1.74. The molecule has 0 saturated heterocycles. The van der Waals surface area contributed by atoms with Crippen molar-refractivity contribution in [3.8, 4) is 62.6 Å². The predicted molar refractivity (Wildman–Crippen MR) is 278 cm³/mol. The summed E-state index contributed by atoms with van der Waals surface area (Å²) in [5.41, 5.74) is 14.8. The Kier molecular flexibility index (Phi) is 8.68. The molecule has 6 heterocycles. The fraction of sp³-hybridized carbons (Fsp3) is 0. The summed E-state index contributed by atoms with van der Waals surface area (Å²) in [5, 5.41) is 5.58. The first-order valence-corrected chi connectivity index (χ1v) is 22.9. The SMILES string of the molecule is c1ccc(-c2nc(-c3ccccc3)nc(-n3c4ccccc4c4ccc(-c5cncc(-c6ccc7c(c6)c6ccccc6n7-c6ccc7c(c6)c6ncccc6n7-c6ccccc6)n5)cc43)n2)cc1. The van der Waals surface area contributed by atoms with Gasteiger partial charge in [-0.05, 0) is 72.8 Å². The molecule has 0 saturated carbocycles. The lowest BCUT2D eigenvalue weighted by Crippen LogP contribution is -2.06. The Bertz CT molecular complexity index is 4250. The molecule has 0 aliphatic rings. The third kappa shape index (κ3) is 6.25. The normalized spacial score (nSPS) is 11.8. The second-order valence-corrected chi connectivity index (χ2v) is 17.2. The van der Waals surface area contributed by atoms with Crippen LogP contribution in [0.1, 0.15) is 0 Å². The number of hydrogen-bond acceptors (Lipinski definition) is 6. The second kappa shape index (κ2) is 15.5. The summed E-state index contributed by atoms with van der Waals surface area (Å²) in [4.78, 5) is 30.2. The largest absolute Gasteiger partial charge is 0.309 e. The first-order chi connectivity index (χ1) is 34.2. The smallest absolute Gasteiger partial charge is 0.238 e. The average Bonchev–Trinajstić information content (AvgIpc) is 4.06. The number of pyridine rings is 1. The first-order valence-electron chi connectivity index (χ1n) is 22.9. The number of hydrogen-bond donors (Lipinski definition) is 0. The lowest BCUT2D eigenvalue weighted by Gasteiger charge is -2.11. The summed E-state index contributed by atoms with van der Waals surface area (Å²) in [6, 6.07) is 71.6. The van der Waals surface area contributed by atoms with Gasteiger partial charge in [-0.25, -0.2) is 9.97 Å². The molecule has 69 heavy (non-hydrogen) atoms. The van der Waals surface area contributed by atoms with E-state index >= 15 is 0 Å². The van der Waals surface area contributed by atoms with Crippen molar-refractivity contribution < 1.29 is 0 Å². The minimum atomic E-state index is 0.536. The maximum atomic E-state index is 5.30. The van der Waals surface area contributed by atoms with Gasteiger partial charge in [0.2, 0.25) is 5.95 Å². The number of nitrogens with zero attached hydrogens (tertiary/aromatic N) is 9. The van der Waals surface area contributed by atoms with Gasteiger partial charge in [0.05, 0.1) is 62.4 Å². The van der Waals surface area contributed by atoms with Gasteiger partial charge in [-0.3, -0.25) is 14.5 Å². The van der Waals surface area contributed by atoms with Gasteiger partial charge in [-0.15, -0.1) is 0 Å². The van der Waals surface area contributed by atoms with Gasteiger partial charge in [-0.1, -0.05) is 133 Å². The van der Waals surface area contributed by atoms with E-state index in [1.165, 1.54) is 0 Å². The fourth-order valence-corrected chi connectivity index (χ4v) is 10.1. The van der Waals surface area contributed by atoms with Crippen LogP contribution in [0.5, 0.6) is 0 Å². The molecule has 322 valence electrons. The number of rotatable bonds is 7. The van der Waals surface area contributed by atoms with Crippen molar-refractivity contribution in [2.45, 2.75) is 0 Å². The van der Waals surface area contributed by atoms with Gasteiger partial charge >= 0.3 is 0 Å². The zero-order chi connectivity index (χ0) is 45.4. The summed E-state index contributed by atoms with van der Waals surface area (Å²) in [7, 11) is 0. The molecule has 0 aliphatic heterocycles. The molecule has 6 aromatic heterocycles. The van der Waals surface area contributed by atoms with E-state index in [2.05, 4.69) is 153 Å². The lowest BCUT2D eigenvalue weighted by molar-refractivity contribution is 0.953. The van der Waals surface area contributed by atoms with E-state index in [1.807, 2.05) is 85.3 Å². The second-order valence-electron chi connectivity index (χ2n) is 17.2. The van der Waals surface area contributed by atoms with Gasteiger partial charge in [0, 0.05) is 66.8 Å². The van der Waals surface area contributed by atoms with Crippen molar-refractivity contribution in [3.63, 3.8) is 0 Å². The van der Waals surface area contributed by atoms with Gasteiger partial charge < -0.3 is 9.13 Å². The molecule has 0 bridgehead atoms. The third-order valence-electron chi connectivity index (χ3n) is 13.2. The van der Waals surface area contributed by atoms with Crippen molar-refractivity contribution in [2.75, 3.05) is 0 Å². The van der Waals surface area contributed by atoms with Crippen LogP contribution in [0, 0.1) is 0 Å². The van der Waals surface area contributed by atoms with Crippen LogP contribution in [0.3, 0.4) is 0 Å². The highest BCUT2D eigenvalue weighted by molar-refractivity contribution is 6.13. The molecular formula is C60H37N9. The molecule has 0 N–H and O–H groups in total. The Balaban J connectivity index is 0.889. The third-order valence-corrected chi connectivity index (χ3v) is 13.2. The van der Waals surface area contributed by atoms with E-state index < -0.39 is 0 Å². The zero-order valence-corrected chi connectivity index (χ0v) is 36.9. The summed E-state index contributed by atoms with van der Waals surface area (Å²) < 4.78 is 6.80. The van der Waals surface area contributed by atoms with E-state index in [-0.39, 0.29) is 0 Å². The Morgan fingerprint density at radius 1 is 0.304 bits per heavy atom. The molecule has 9 nitrogen and oxygen atoms in total. The molecular weight excluding hydrogens is 847 g/mol. The summed E-state index contributed by atoms with van der Waals surface area (Å²) in [6.07, 6.45) is 5.57. The van der Waals surface area contributed by atoms with Crippen LogP contribution in [0.15, 0.2) is 225 Å². The van der Waals surface area contributed by atoms with Crippen LogP contribution in [0.2, 0.25) is 0 Å². The Morgan fingerprint density at radius 2 is 0.841 bits per heavy atom. The van der Waals surface area contributed by atoms with Crippen molar-refractivity contribution in [1.29, 1.82) is 0 Å². The molecule has 0 spiro atoms. The number of fused-ring (bicyclic) bond motifs is 9. The van der Waals surface area contributed by atoms with Gasteiger partial charge in [0.1, 0.15) is 0 Å². The van der Waals surface area contributed by atoms with Crippen LogP contribution >= 0.6 is 0 Å². The van der Waals surface area contributed by atoms with Crippen molar-refractivity contribution >= 4 is 65.5 Å². The molecule has 0 aliphatic carbocycles. The maximum Gasteiger partial charge on any atom is 0.238 e. The maximum absolute atomic E-state index is 5.30. The standard InChI is InChI=1S/C60H37N9/c1-4-15-38(16-5-1)58-64-59(39-17-6-2-7-18-39)66-60(65-58)69-52-24-13-10-21-44(52)46-29-26-41(34-56(46)69)50-37-61-36-49(63-50)40-27-30-53-47(33-40)45-22-11-12-23-51(45)68(53)43-28-31-54-48(35-43)57-55(25-14-32-62-57)67(54)42-19-8-3-9-20-42/h1-37H. The Morgan fingerprint density at radius 3 is 1.57 bits per heavy atom. The molecule has 0 atom stereocenters. The van der Waals surface area contributed by atoms with Crippen molar-refractivity contribution in [2.24, 2.45) is 0 Å². The van der Waals surface area contributed by atoms with Gasteiger partial charge in [0.25, 0.3) is 0 Å². The van der Waals surface area contributed by atoms with E-state index in [4.69, 9.17) is 29.9 Å². The van der Waals surface area contributed by atoms with Crippen LogP contribution in [0.25, 0.3) is 128 Å². The highest BCUT2D eigenvalue weighted by Crippen LogP contribution is 2.39. The number of benzene rings is 8. The molecule has 14 rings (SSSR count). The Hall–Kier alpha value is -9.60. The molecule has 0 fully saturated rings. The highest BCUT2D eigenvalue weighted by atomic mass is 15.2. The number of para-hydroxylation sites is 3. The van der Waals surface area contributed by atoms with Crippen LogP contribution in [-0.4, -0.2) is 43.6 Å². The average molecular weight is 884 g/mol. The number of aromatic nitrogens is 9. The Labute approximate surface area is 394 Å². The van der Waals surface area contributed by atoms with Crippen LogP contribution < -0.4 is 0 Å². The molecule has 14 aromatic rings. The minimum Gasteiger partial charge on any atom is -0.309 e. The molecule has 8 aromatic carbocycles. The lowest BCUT2D eigenvalue weighted by atomic mass is 10.1. The molecule has 0 amide bonds. The summed E-state index contributed by atoms with van der Waals surface area (Å²) in [6.45, 7) is 0. The minimum absolute atomic E-state index is 0.536. The monoisotopic (exact) mass is 883 g/mol. The van der Waals surface area contributed by atoms with E-state index in [0.717, 1.165) is 111 Å². The first kappa shape index (κ1) is 38.6. The van der Waals surface area contributed by atoms with Crippen molar-refractivity contribution in [3.05, 3.63) is 225 Å². The molecule has 0 unspecified atom stereocenters. The van der Waals surface area contributed by atoms with E-state index in [0.29, 0.717) is 17.6 Å². The highest BCUT2D eigenvalue weighted by Gasteiger charge is 2.21. The fourth-order valence-electron chi connectivity index (χ4n) is 10.1. The molecule has 9 heteroatoms. The van der Waals surface area contributed by atoms with Gasteiger partial charge in [-0.2, -0.15) is 9.97 Å². The zero-order valence-electron chi connectivity index (χ0n) is 36.9. The van der Waals surface area contributed by atoms with E-state index in [1.54, 1.807) is 0 Å². The topological polar surface area (TPSA) is 92.1 Å². The predicted octanol–water partition coefficient (Wildman–Crippen LogP) is 14.0. The quantitative estimate of drug-likeness (QED) is 0.158. The van der Waals surface area contributed by atoms with E-state index in [9.17, 15) is 0 Å². The van der Waals surface area contributed by atoms with Crippen molar-refractivity contribution in [1.82, 2.24) is 43.6 Å². The molecule has 0 radical (unpaired) electrons.